The number of rotatable bonds is 2. The van der Waals surface area contributed by atoms with Crippen LogP contribution in [-0.4, -0.2) is 22.8 Å². The molecule has 2 unspecified atom stereocenters. The van der Waals surface area contributed by atoms with E-state index in [9.17, 15) is 4.79 Å². The first kappa shape index (κ1) is 7.10. The highest BCUT2D eigenvalue weighted by Gasteiger charge is 2.57. The molecule has 0 radical (unpaired) electrons. The van der Waals surface area contributed by atoms with Crippen molar-refractivity contribution in [3.8, 4) is 0 Å². The average Bonchev–Trinajstić information content (AvgIpc) is 2.59. The van der Waals surface area contributed by atoms with Crippen molar-refractivity contribution in [2.75, 3.05) is 6.61 Å². The second-order valence-electron chi connectivity index (χ2n) is 3.91. The Kier molecular flexibility index (Phi) is 1.27. The molecule has 62 valence electrons. The normalized spacial score (nSPS) is 47.0. The summed E-state index contributed by atoms with van der Waals surface area (Å²) in [6.45, 7) is -0.185. The smallest absolute Gasteiger partial charge is 0.311 e. The molecule has 3 nitrogen and oxygen atoms in total. The topological polar surface area (TPSA) is 57.5 Å². The number of aliphatic carboxylic acids is 1. The van der Waals surface area contributed by atoms with Crippen LogP contribution in [-0.2, 0) is 4.79 Å². The molecule has 2 atom stereocenters. The summed E-state index contributed by atoms with van der Waals surface area (Å²) >= 11 is 0. The minimum atomic E-state index is -0.813. The molecule has 2 saturated carbocycles. The van der Waals surface area contributed by atoms with Gasteiger partial charge in [0, 0.05) is 0 Å². The summed E-state index contributed by atoms with van der Waals surface area (Å²) in [5.41, 5.74) is -0.770. The average molecular weight is 156 g/mol. The third-order valence-corrected chi connectivity index (χ3v) is 3.13. The third kappa shape index (κ3) is 0.872. The van der Waals surface area contributed by atoms with Crippen LogP contribution in [0.2, 0.25) is 0 Å². The Hall–Kier alpha value is -0.570. The first-order chi connectivity index (χ1) is 5.18. The Morgan fingerprint density at radius 2 is 2.00 bits per heavy atom. The van der Waals surface area contributed by atoms with E-state index < -0.39 is 11.4 Å². The van der Waals surface area contributed by atoms with Crippen LogP contribution >= 0.6 is 0 Å². The fourth-order valence-electron chi connectivity index (χ4n) is 2.27. The minimum absolute atomic E-state index is 0.185. The molecule has 3 heteroatoms. The van der Waals surface area contributed by atoms with Gasteiger partial charge in [-0.15, -0.1) is 0 Å². The molecule has 2 rings (SSSR count). The second-order valence-corrected chi connectivity index (χ2v) is 3.91. The van der Waals surface area contributed by atoms with Crippen LogP contribution in [0.3, 0.4) is 0 Å². The Morgan fingerprint density at radius 1 is 1.45 bits per heavy atom. The number of hydrogen-bond donors (Lipinski definition) is 2. The van der Waals surface area contributed by atoms with Crippen molar-refractivity contribution < 1.29 is 15.0 Å². The number of aliphatic hydroxyl groups is 1. The molecule has 2 N–H and O–H groups in total. The van der Waals surface area contributed by atoms with Gasteiger partial charge in [-0.2, -0.15) is 0 Å². The van der Waals surface area contributed by atoms with E-state index >= 15 is 0 Å². The molecule has 2 aliphatic rings. The van der Waals surface area contributed by atoms with Gasteiger partial charge in [-0.25, -0.2) is 0 Å². The predicted octanol–water partition coefficient (Wildman–Crippen LogP) is 0.480. The standard InChI is InChI=1S/C8H12O3/c9-4-8(7(10)11)2-5-1-6(5)3-8/h5-6,9H,1-4H2,(H,10,11). The first-order valence-corrected chi connectivity index (χ1v) is 4.02. The lowest BCUT2D eigenvalue weighted by Gasteiger charge is -2.22. The quantitative estimate of drug-likeness (QED) is 0.611. The van der Waals surface area contributed by atoms with Gasteiger partial charge >= 0.3 is 5.97 Å². The molecule has 0 aromatic rings. The molecule has 0 aromatic heterocycles. The summed E-state index contributed by atoms with van der Waals surface area (Å²) in [4.78, 5) is 10.8. The van der Waals surface area contributed by atoms with Crippen LogP contribution in [0.5, 0.6) is 0 Å². The highest BCUT2D eigenvalue weighted by molar-refractivity contribution is 5.75. The zero-order valence-corrected chi connectivity index (χ0v) is 6.29. The second kappa shape index (κ2) is 1.97. The van der Waals surface area contributed by atoms with Gasteiger partial charge in [0.05, 0.1) is 12.0 Å². The molecule has 2 aliphatic carbocycles. The molecule has 0 spiro atoms. The lowest BCUT2D eigenvalue weighted by atomic mass is 9.84. The van der Waals surface area contributed by atoms with Crippen molar-refractivity contribution in [1.82, 2.24) is 0 Å². The molecule has 2 fully saturated rings. The van der Waals surface area contributed by atoms with Crippen molar-refractivity contribution in [3.63, 3.8) is 0 Å². The van der Waals surface area contributed by atoms with E-state index in [0.29, 0.717) is 24.7 Å². The van der Waals surface area contributed by atoms with Crippen molar-refractivity contribution in [3.05, 3.63) is 0 Å². The van der Waals surface area contributed by atoms with E-state index in [1.165, 1.54) is 6.42 Å². The van der Waals surface area contributed by atoms with Crippen molar-refractivity contribution >= 4 is 5.97 Å². The van der Waals surface area contributed by atoms with Gasteiger partial charge in [-0.1, -0.05) is 0 Å². The molecule has 0 bridgehead atoms. The van der Waals surface area contributed by atoms with Gasteiger partial charge in [0.2, 0.25) is 0 Å². The summed E-state index contributed by atoms with van der Waals surface area (Å²) in [7, 11) is 0. The van der Waals surface area contributed by atoms with Crippen LogP contribution in [0.25, 0.3) is 0 Å². The Labute approximate surface area is 65.0 Å². The molecule has 11 heavy (non-hydrogen) atoms. The predicted molar refractivity (Wildman–Crippen MR) is 38.0 cm³/mol. The van der Waals surface area contributed by atoms with Gasteiger partial charge in [0.1, 0.15) is 0 Å². The third-order valence-electron chi connectivity index (χ3n) is 3.13. The van der Waals surface area contributed by atoms with E-state index in [1.54, 1.807) is 0 Å². The largest absolute Gasteiger partial charge is 0.481 e. The summed E-state index contributed by atoms with van der Waals surface area (Å²) < 4.78 is 0. The van der Waals surface area contributed by atoms with Gasteiger partial charge < -0.3 is 10.2 Å². The van der Waals surface area contributed by atoms with E-state index in [-0.39, 0.29) is 6.61 Å². The summed E-state index contributed by atoms with van der Waals surface area (Å²) in [5, 5.41) is 17.8. The maximum Gasteiger partial charge on any atom is 0.311 e. The van der Waals surface area contributed by atoms with Crippen LogP contribution < -0.4 is 0 Å². The molecule has 0 aliphatic heterocycles. The first-order valence-electron chi connectivity index (χ1n) is 4.02. The SMILES string of the molecule is O=C(O)C1(CO)CC2CC2C1. The fraction of sp³-hybridized carbons (Fsp3) is 0.875. The maximum atomic E-state index is 10.8. The zero-order chi connectivity index (χ0) is 8.06. The number of carbonyl (C=O) groups is 1. The van der Waals surface area contributed by atoms with E-state index in [4.69, 9.17) is 10.2 Å². The number of hydrogen-bond acceptors (Lipinski definition) is 2. The van der Waals surface area contributed by atoms with Crippen LogP contribution in [0.4, 0.5) is 0 Å². The van der Waals surface area contributed by atoms with Gasteiger partial charge in [0.15, 0.2) is 0 Å². The molecule has 0 heterocycles. The van der Waals surface area contributed by atoms with Crippen LogP contribution in [0.15, 0.2) is 0 Å². The lowest BCUT2D eigenvalue weighted by molar-refractivity contribution is -0.151. The highest BCUT2D eigenvalue weighted by Crippen LogP contribution is 2.59. The molecular formula is C8H12O3. The van der Waals surface area contributed by atoms with Crippen LogP contribution in [0.1, 0.15) is 19.3 Å². The number of carboxylic acid groups (broad SMARTS) is 1. The van der Waals surface area contributed by atoms with Crippen molar-refractivity contribution in [2.24, 2.45) is 17.3 Å². The van der Waals surface area contributed by atoms with Gasteiger partial charge in [-0.3, -0.25) is 4.79 Å². The number of carboxylic acids is 1. The fourth-order valence-corrected chi connectivity index (χ4v) is 2.27. The molecule has 0 amide bonds. The Balaban J connectivity index is 2.13. The summed E-state index contributed by atoms with van der Waals surface area (Å²) in [5.74, 6) is 0.406. The number of fused-ring (bicyclic) bond motifs is 1. The monoisotopic (exact) mass is 156 g/mol. The number of aliphatic hydroxyl groups excluding tert-OH is 1. The summed E-state index contributed by atoms with van der Waals surface area (Å²) in [6.07, 6.45) is 2.59. The van der Waals surface area contributed by atoms with Crippen molar-refractivity contribution in [2.45, 2.75) is 19.3 Å². The zero-order valence-electron chi connectivity index (χ0n) is 6.29. The maximum absolute atomic E-state index is 10.8. The van der Waals surface area contributed by atoms with E-state index in [2.05, 4.69) is 0 Å². The van der Waals surface area contributed by atoms with E-state index in [0.717, 1.165) is 0 Å². The van der Waals surface area contributed by atoms with Gasteiger partial charge in [0.25, 0.3) is 0 Å². The summed E-state index contributed by atoms with van der Waals surface area (Å²) in [6, 6.07) is 0. The minimum Gasteiger partial charge on any atom is -0.481 e. The lowest BCUT2D eigenvalue weighted by Crippen LogP contribution is -2.33. The molecule has 0 aromatic carbocycles. The van der Waals surface area contributed by atoms with Crippen molar-refractivity contribution in [1.29, 1.82) is 0 Å². The van der Waals surface area contributed by atoms with Gasteiger partial charge in [-0.05, 0) is 31.1 Å². The Bertz CT molecular complexity index is 190. The molecular weight excluding hydrogens is 144 g/mol. The van der Waals surface area contributed by atoms with E-state index in [1.807, 2.05) is 0 Å². The van der Waals surface area contributed by atoms with Crippen LogP contribution in [0, 0.1) is 17.3 Å². The highest BCUT2D eigenvalue weighted by atomic mass is 16.4. The Morgan fingerprint density at radius 3 is 2.27 bits per heavy atom. The molecule has 0 saturated heterocycles.